The van der Waals surface area contributed by atoms with E-state index in [1.807, 2.05) is 32.0 Å². The highest BCUT2D eigenvalue weighted by molar-refractivity contribution is 5.71. The maximum Gasteiger partial charge on any atom is 0.412 e. The van der Waals surface area contributed by atoms with E-state index in [2.05, 4.69) is 17.5 Å². The molecule has 1 aliphatic rings. The van der Waals surface area contributed by atoms with Gasteiger partial charge in [-0.05, 0) is 50.7 Å². The number of rotatable bonds is 2. The molecule has 0 heterocycles. The number of hydrogen-bond acceptors (Lipinski definition) is 3. The molecule has 0 aliphatic heterocycles. The molecule has 21 heavy (non-hydrogen) atoms. The highest BCUT2D eigenvalue weighted by Crippen LogP contribution is 2.22. The minimum atomic E-state index is -0.419. The highest BCUT2D eigenvalue weighted by Gasteiger charge is 2.21. The summed E-state index contributed by atoms with van der Waals surface area (Å²) in [7, 11) is 0. The van der Waals surface area contributed by atoms with Crippen LogP contribution in [0.25, 0.3) is 0 Å². The fourth-order valence-corrected chi connectivity index (χ4v) is 2.63. The molecule has 3 N–H and O–H groups in total. The lowest BCUT2D eigenvalue weighted by atomic mass is 9.96. The van der Waals surface area contributed by atoms with Gasteiger partial charge in [-0.25, -0.2) is 4.79 Å². The maximum atomic E-state index is 12.1. The largest absolute Gasteiger partial charge is 0.412 e. The van der Waals surface area contributed by atoms with Crippen molar-refractivity contribution < 1.29 is 9.53 Å². The second kappa shape index (κ2) is 7.27. The molecule has 1 aromatic rings. The first-order valence-corrected chi connectivity index (χ1v) is 7.53. The van der Waals surface area contributed by atoms with Crippen molar-refractivity contribution in [1.29, 1.82) is 0 Å². The van der Waals surface area contributed by atoms with E-state index in [9.17, 15) is 4.79 Å². The van der Waals surface area contributed by atoms with Gasteiger partial charge in [-0.1, -0.05) is 30.4 Å². The number of benzene rings is 1. The van der Waals surface area contributed by atoms with E-state index in [0.29, 0.717) is 5.75 Å². The average Bonchev–Trinajstić information content (AvgIpc) is 2.43. The molecule has 4 heteroatoms. The monoisotopic (exact) mass is 288 g/mol. The first-order valence-electron chi connectivity index (χ1n) is 7.53. The predicted molar refractivity (Wildman–Crippen MR) is 84.4 cm³/mol. The van der Waals surface area contributed by atoms with Crippen molar-refractivity contribution >= 4 is 6.09 Å². The van der Waals surface area contributed by atoms with Gasteiger partial charge >= 0.3 is 6.09 Å². The number of amides is 1. The molecule has 4 nitrogen and oxygen atoms in total. The van der Waals surface area contributed by atoms with Gasteiger partial charge in [-0.15, -0.1) is 0 Å². The van der Waals surface area contributed by atoms with E-state index in [1.165, 1.54) is 0 Å². The van der Waals surface area contributed by atoms with Crippen LogP contribution in [0.3, 0.4) is 0 Å². The molecular formula is C17H24N2O2. The molecule has 1 aliphatic carbocycles. The molecule has 0 saturated heterocycles. The Kier molecular flexibility index (Phi) is 5.39. The lowest BCUT2D eigenvalue weighted by Crippen LogP contribution is -2.48. The summed E-state index contributed by atoms with van der Waals surface area (Å²) in [5.41, 5.74) is 8.05. The van der Waals surface area contributed by atoms with Crippen LogP contribution in [-0.2, 0) is 0 Å². The van der Waals surface area contributed by atoms with Crippen LogP contribution in [-0.4, -0.2) is 18.2 Å². The first-order chi connectivity index (χ1) is 10.1. The number of allylic oxidation sites excluding steroid dienone is 2. The van der Waals surface area contributed by atoms with Gasteiger partial charge in [0.25, 0.3) is 0 Å². The van der Waals surface area contributed by atoms with Crippen LogP contribution < -0.4 is 15.8 Å². The average molecular weight is 288 g/mol. The van der Waals surface area contributed by atoms with Crippen molar-refractivity contribution in [2.45, 2.75) is 51.6 Å². The second-order valence-corrected chi connectivity index (χ2v) is 5.65. The quantitative estimate of drug-likeness (QED) is 0.821. The number of carbonyl (C=O) groups excluding carboxylic acids is 1. The summed E-state index contributed by atoms with van der Waals surface area (Å²) in [5.74, 6) is 0.634. The van der Waals surface area contributed by atoms with E-state index in [1.54, 1.807) is 0 Å². The van der Waals surface area contributed by atoms with Gasteiger partial charge in [0.05, 0.1) is 0 Å². The van der Waals surface area contributed by atoms with Gasteiger partial charge in [0.2, 0.25) is 0 Å². The van der Waals surface area contributed by atoms with Gasteiger partial charge in [0.1, 0.15) is 5.75 Å². The van der Waals surface area contributed by atoms with Crippen LogP contribution in [0.4, 0.5) is 4.79 Å². The highest BCUT2D eigenvalue weighted by atomic mass is 16.6. The topological polar surface area (TPSA) is 64.3 Å². The molecule has 0 radical (unpaired) electrons. The van der Waals surface area contributed by atoms with Gasteiger partial charge in [-0.2, -0.15) is 0 Å². The molecule has 114 valence electrons. The molecule has 2 rings (SSSR count). The minimum absolute atomic E-state index is 0.0273. The zero-order valence-electron chi connectivity index (χ0n) is 12.8. The van der Waals surface area contributed by atoms with Gasteiger partial charge < -0.3 is 15.8 Å². The molecule has 2 atom stereocenters. The minimum Gasteiger partial charge on any atom is -0.410 e. The van der Waals surface area contributed by atoms with Crippen molar-refractivity contribution in [1.82, 2.24) is 5.32 Å². The summed E-state index contributed by atoms with van der Waals surface area (Å²) >= 11 is 0. The van der Waals surface area contributed by atoms with Crippen LogP contribution in [0.15, 0.2) is 30.4 Å². The number of para-hydroxylation sites is 1. The number of hydrogen-bond donors (Lipinski definition) is 2. The standard InChI is InChI=1S/C17H24N2O2/c1-12-8-7-9-13(2)16(12)21-17(20)19-15-11-6-4-3-5-10-14(15)18/h3-4,7-9,14-15H,5-6,10-11,18H2,1-2H3,(H,19,20). The fraction of sp³-hybridized carbons (Fsp3) is 0.471. The second-order valence-electron chi connectivity index (χ2n) is 5.65. The Morgan fingerprint density at radius 2 is 1.81 bits per heavy atom. The molecule has 1 amide bonds. The Balaban J connectivity index is 1.99. The zero-order chi connectivity index (χ0) is 15.2. The lowest BCUT2D eigenvalue weighted by Gasteiger charge is -2.25. The summed E-state index contributed by atoms with van der Waals surface area (Å²) < 4.78 is 5.48. The number of aryl methyl sites for hydroxylation is 2. The molecule has 0 saturated carbocycles. The number of nitrogens with two attached hydrogens (primary N) is 1. The van der Waals surface area contributed by atoms with E-state index < -0.39 is 6.09 Å². The Labute approximate surface area is 126 Å². The summed E-state index contributed by atoms with van der Waals surface area (Å²) in [6, 6.07) is 5.75. The summed E-state index contributed by atoms with van der Waals surface area (Å²) in [6.07, 6.45) is 7.51. The van der Waals surface area contributed by atoms with Crippen molar-refractivity contribution in [3.63, 3.8) is 0 Å². The third-order valence-corrected chi connectivity index (χ3v) is 3.90. The molecular weight excluding hydrogens is 264 g/mol. The predicted octanol–water partition coefficient (Wildman–Crippen LogP) is 3.22. The van der Waals surface area contributed by atoms with Crippen molar-refractivity contribution in [2.75, 3.05) is 0 Å². The molecule has 0 spiro atoms. The molecule has 2 unspecified atom stereocenters. The van der Waals surface area contributed by atoms with Crippen LogP contribution in [0, 0.1) is 13.8 Å². The van der Waals surface area contributed by atoms with Crippen LogP contribution in [0.5, 0.6) is 5.75 Å². The molecule has 0 bridgehead atoms. The summed E-state index contributed by atoms with van der Waals surface area (Å²) in [5, 5.41) is 2.92. The van der Waals surface area contributed by atoms with Crippen molar-refractivity contribution in [3.05, 3.63) is 41.5 Å². The smallest absolute Gasteiger partial charge is 0.410 e. The van der Waals surface area contributed by atoms with Crippen LogP contribution >= 0.6 is 0 Å². The molecule has 1 aromatic carbocycles. The van der Waals surface area contributed by atoms with Gasteiger partial charge in [0.15, 0.2) is 0 Å². The van der Waals surface area contributed by atoms with Crippen molar-refractivity contribution in [2.24, 2.45) is 5.73 Å². The molecule has 0 aromatic heterocycles. The number of nitrogens with one attached hydrogen (secondary N) is 1. The Bertz CT molecular complexity index is 505. The summed E-state index contributed by atoms with van der Waals surface area (Å²) in [4.78, 5) is 12.1. The summed E-state index contributed by atoms with van der Waals surface area (Å²) in [6.45, 7) is 3.86. The number of ether oxygens (including phenoxy) is 1. The van der Waals surface area contributed by atoms with Crippen LogP contribution in [0.1, 0.15) is 36.8 Å². The number of carbonyl (C=O) groups is 1. The Morgan fingerprint density at radius 1 is 1.19 bits per heavy atom. The lowest BCUT2D eigenvalue weighted by molar-refractivity contribution is 0.191. The first kappa shape index (κ1) is 15.6. The third kappa shape index (κ3) is 4.33. The van der Waals surface area contributed by atoms with E-state index in [4.69, 9.17) is 10.5 Å². The van der Waals surface area contributed by atoms with E-state index in [0.717, 1.165) is 36.8 Å². The molecule has 0 fully saturated rings. The van der Waals surface area contributed by atoms with Gasteiger partial charge in [0, 0.05) is 12.1 Å². The van der Waals surface area contributed by atoms with Crippen molar-refractivity contribution in [3.8, 4) is 5.75 Å². The maximum absolute atomic E-state index is 12.1. The Hall–Kier alpha value is -1.81. The zero-order valence-corrected chi connectivity index (χ0v) is 12.8. The fourth-order valence-electron chi connectivity index (χ4n) is 2.63. The Morgan fingerprint density at radius 3 is 2.48 bits per heavy atom. The SMILES string of the molecule is Cc1cccc(C)c1OC(=O)NC1CCC=CCCC1N. The third-order valence-electron chi connectivity index (χ3n) is 3.90. The van der Waals surface area contributed by atoms with E-state index in [-0.39, 0.29) is 12.1 Å². The normalized spacial score (nSPS) is 22.2. The van der Waals surface area contributed by atoms with Gasteiger partial charge in [-0.3, -0.25) is 0 Å². The van der Waals surface area contributed by atoms with E-state index >= 15 is 0 Å². The van der Waals surface area contributed by atoms with Crippen LogP contribution in [0.2, 0.25) is 0 Å².